The molecule has 3 rings (SSSR count). The van der Waals surface area contributed by atoms with E-state index in [1.54, 1.807) is 0 Å². The van der Waals surface area contributed by atoms with Gasteiger partial charge in [-0.15, -0.1) is 10.2 Å². The predicted octanol–water partition coefficient (Wildman–Crippen LogP) is 3.79. The number of carbonyl (C=O) groups is 2. The van der Waals surface area contributed by atoms with Gasteiger partial charge in [-0.05, 0) is 45.2 Å². The minimum atomic E-state index is -0.238. The fourth-order valence-electron chi connectivity index (χ4n) is 3.05. The molecule has 0 bridgehead atoms. The molecule has 0 spiro atoms. The Balaban J connectivity index is 1.54. The molecule has 1 aliphatic heterocycles. The van der Waals surface area contributed by atoms with Crippen LogP contribution in [0.5, 0.6) is 0 Å². The van der Waals surface area contributed by atoms with E-state index in [1.807, 2.05) is 43.0 Å². The summed E-state index contributed by atoms with van der Waals surface area (Å²) in [6.45, 7) is 7.45. The number of likely N-dealkylation sites (tertiary alicyclic amines) is 1. The summed E-state index contributed by atoms with van der Waals surface area (Å²) in [5.74, 6) is 0.00374. The molecule has 0 unspecified atom stereocenters. The number of nitrogens with zero attached hydrogens (tertiary/aromatic N) is 3. The molecule has 2 heterocycles. The van der Waals surface area contributed by atoms with Crippen LogP contribution in [0.1, 0.15) is 59.4 Å². The third kappa shape index (κ3) is 5.07. The molecular weight excluding hydrogens is 374 g/mol. The number of aromatic nitrogens is 2. The van der Waals surface area contributed by atoms with Gasteiger partial charge in [0.05, 0.1) is 0 Å². The maximum Gasteiger partial charge on any atom is 0.317 e. The molecule has 8 heteroatoms. The first-order valence-electron chi connectivity index (χ1n) is 9.73. The highest BCUT2D eigenvalue weighted by Gasteiger charge is 2.27. The lowest BCUT2D eigenvalue weighted by Gasteiger charge is -2.31. The molecule has 0 saturated carbocycles. The molecule has 150 valence electrons. The maximum atomic E-state index is 12.4. The van der Waals surface area contributed by atoms with Gasteiger partial charge in [-0.25, -0.2) is 4.79 Å². The van der Waals surface area contributed by atoms with Gasteiger partial charge in [0.25, 0.3) is 5.91 Å². The Morgan fingerprint density at radius 2 is 1.89 bits per heavy atom. The first-order chi connectivity index (χ1) is 13.5. The van der Waals surface area contributed by atoms with Gasteiger partial charge in [-0.1, -0.05) is 36.0 Å². The van der Waals surface area contributed by atoms with E-state index >= 15 is 0 Å². The number of rotatable bonds is 5. The minimum Gasteiger partial charge on any atom is -0.336 e. The lowest BCUT2D eigenvalue weighted by molar-refractivity contribution is 0.102. The average molecular weight is 402 g/mol. The van der Waals surface area contributed by atoms with Crippen molar-refractivity contribution in [2.75, 3.05) is 18.4 Å². The van der Waals surface area contributed by atoms with Crippen LogP contribution < -0.4 is 10.6 Å². The summed E-state index contributed by atoms with van der Waals surface area (Å²) in [7, 11) is 0. The molecule has 1 aromatic carbocycles. The van der Waals surface area contributed by atoms with Crippen LogP contribution in [-0.4, -0.2) is 46.2 Å². The van der Waals surface area contributed by atoms with Crippen LogP contribution in [-0.2, 0) is 0 Å². The minimum absolute atomic E-state index is 0.00299. The Bertz CT molecular complexity index is 812. The van der Waals surface area contributed by atoms with Crippen molar-refractivity contribution >= 4 is 29.0 Å². The topological polar surface area (TPSA) is 87.2 Å². The highest BCUT2D eigenvalue weighted by molar-refractivity contribution is 7.13. The van der Waals surface area contributed by atoms with Gasteiger partial charge in [0, 0.05) is 30.7 Å². The van der Waals surface area contributed by atoms with E-state index in [9.17, 15) is 9.59 Å². The van der Waals surface area contributed by atoms with Crippen LogP contribution in [0.4, 0.5) is 10.5 Å². The number of aryl methyl sites for hydroxylation is 1. The summed E-state index contributed by atoms with van der Waals surface area (Å²) in [6, 6.07) is 7.83. The molecule has 1 fully saturated rings. The third-order valence-corrected chi connectivity index (χ3v) is 6.14. The van der Waals surface area contributed by atoms with Gasteiger partial charge in [0.15, 0.2) is 0 Å². The molecule has 1 saturated heterocycles. The number of hydrogen-bond donors (Lipinski definition) is 2. The number of carbonyl (C=O) groups excluding carboxylic acids is 2. The van der Waals surface area contributed by atoms with Crippen molar-refractivity contribution in [3.05, 3.63) is 39.8 Å². The number of piperidine rings is 1. The normalized spacial score (nSPS) is 15.9. The maximum absolute atomic E-state index is 12.4. The fourth-order valence-corrected chi connectivity index (χ4v) is 3.95. The highest BCUT2D eigenvalue weighted by atomic mass is 32.1. The van der Waals surface area contributed by atoms with E-state index in [4.69, 9.17) is 0 Å². The number of amides is 3. The summed E-state index contributed by atoms with van der Waals surface area (Å²) in [5, 5.41) is 15.4. The molecule has 1 atom stereocenters. The van der Waals surface area contributed by atoms with Crippen molar-refractivity contribution in [1.82, 2.24) is 20.4 Å². The van der Waals surface area contributed by atoms with Crippen LogP contribution in [0, 0.1) is 6.92 Å². The number of nitrogens with one attached hydrogen (secondary N) is 2. The Labute approximate surface area is 169 Å². The Morgan fingerprint density at radius 1 is 1.21 bits per heavy atom. The van der Waals surface area contributed by atoms with Crippen LogP contribution in [0.25, 0.3) is 0 Å². The van der Waals surface area contributed by atoms with Gasteiger partial charge >= 0.3 is 6.03 Å². The SMILES string of the molecule is CC[C@@H](C)NC(=O)N1CCC(c2nnc(C(=O)Nc3ccc(C)cc3)s2)CC1. The zero-order chi connectivity index (χ0) is 20.1. The summed E-state index contributed by atoms with van der Waals surface area (Å²) in [5.41, 5.74) is 1.88. The number of hydrogen-bond acceptors (Lipinski definition) is 5. The van der Waals surface area contributed by atoms with Gasteiger partial charge in [0.1, 0.15) is 5.01 Å². The molecule has 0 radical (unpaired) electrons. The zero-order valence-corrected chi connectivity index (χ0v) is 17.4. The predicted molar refractivity (Wildman–Crippen MR) is 111 cm³/mol. The molecule has 0 aliphatic carbocycles. The molecule has 1 aromatic heterocycles. The van der Waals surface area contributed by atoms with E-state index in [-0.39, 0.29) is 23.9 Å². The van der Waals surface area contributed by atoms with E-state index < -0.39 is 0 Å². The molecule has 7 nitrogen and oxygen atoms in total. The van der Waals surface area contributed by atoms with Crippen molar-refractivity contribution in [2.45, 2.75) is 52.0 Å². The van der Waals surface area contributed by atoms with Crippen molar-refractivity contribution in [3.8, 4) is 0 Å². The monoisotopic (exact) mass is 401 g/mol. The lowest BCUT2D eigenvalue weighted by Crippen LogP contribution is -2.46. The fraction of sp³-hybridized carbons (Fsp3) is 0.500. The Morgan fingerprint density at radius 3 is 2.54 bits per heavy atom. The van der Waals surface area contributed by atoms with Gasteiger partial charge in [-0.3, -0.25) is 4.79 Å². The van der Waals surface area contributed by atoms with Crippen molar-refractivity contribution in [2.24, 2.45) is 0 Å². The van der Waals surface area contributed by atoms with E-state index in [1.165, 1.54) is 11.3 Å². The number of urea groups is 1. The Kier molecular flexibility index (Phi) is 6.61. The summed E-state index contributed by atoms with van der Waals surface area (Å²) in [4.78, 5) is 26.5. The van der Waals surface area contributed by atoms with E-state index in [2.05, 4.69) is 27.8 Å². The van der Waals surface area contributed by atoms with Crippen LogP contribution >= 0.6 is 11.3 Å². The molecule has 3 amide bonds. The summed E-state index contributed by atoms with van der Waals surface area (Å²) in [6.07, 6.45) is 2.59. The highest BCUT2D eigenvalue weighted by Crippen LogP contribution is 2.30. The third-order valence-electron chi connectivity index (χ3n) is 5.06. The summed E-state index contributed by atoms with van der Waals surface area (Å²) >= 11 is 1.34. The molecule has 1 aliphatic rings. The van der Waals surface area contributed by atoms with Crippen molar-refractivity contribution < 1.29 is 9.59 Å². The smallest absolute Gasteiger partial charge is 0.317 e. The first kappa shape index (κ1) is 20.3. The number of benzene rings is 1. The second kappa shape index (κ2) is 9.14. The van der Waals surface area contributed by atoms with Crippen LogP contribution in [0.2, 0.25) is 0 Å². The lowest BCUT2D eigenvalue weighted by atomic mass is 9.98. The quantitative estimate of drug-likeness (QED) is 0.798. The molecule has 2 N–H and O–H groups in total. The van der Waals surface area contributed by atoms with Crippen LogP contribution in [0.15, 0.2) is 24.3 Å². The molecule has 2 aromatic rings. The van der Waals surface area contributed by atoms with Gasteiger partial charge in [-0.2, -0.15) is 0 Å². The standard InChI is InChI=1S/C20H27N5O2S/c1-4-14(3)21-20(27)25-11-9-15(10-12-25)18-23-24-19(28-18)17(26)22-16-7-5-13(2)6-8-16/h5-8,14-15H,4,9-12H2,1-3H3,(H,21,27)(H,22,26)/t14-/m1/s1. The first-order valence-corrected chi connectivity index (χ1v) is 10.5. The molecule has 28 heavy (non-hydrogen) atoms. The Hall–Kier alpha value is -2.48. The van der Waals surface area contributed by atoms with Crippen molar-refractivity contribution in [3.63, 3.8) is 0 Å². The van der Waals surface area contributed by atoms with Crippen LogP contribution in [0.3, 0.4) is 0 Å². The number of anilines is 1. The van der Waals surface area contributed by atoms with Gasteiger partial charge < -0.3 is 15.5 Å². The zero-order valence-electron chi connectivity index (χ0n) is 16.6. The van der Waals surface area contributed by atoms with E-state index in [0.717, 1.165) is 35.5 Å². The second-order valence-electron chi connectivity index (χ2n) is 7.29. The summed E-state index contributed by atoms with van der Waals surface area (Å²) < 4.78 is 0. The second-order valence-corrected chi connectivity index (χ2v) is 8.29. The molecular formula is C20H27N5O2S. The van der Waals surface area contributed by atoms with Crippen molar-refractivity contribution in [1.29, 1.82) is 0 Å². The van der Waals surface area contributed by atoms with E-state index in [0.29, 0.717) is 18.1 Å². The largest absolute Gasteiger partial charge is 0.336 e. The van der Waals surface area contributed by atoms with Gasteiger partial charge in [0.2, 0.25) is 5.01 Å². The average Bonchev–Trinajstić information content (AvgIpc) is 3.20.